The quantitative estimate of drug-likeness (QED) is 0.264. The number of hydrogen-bond acceptors (Lipinski definition) is 4. The van der Waals surface area contributed by atoms with E-state index in [1.165, 1.54) is 0 Å². The third kappa shape index (κ3) is 6.68. The highest BCUT2D eigenvalue weighted by Crippen LogP contribution is 1.92. The zero-order chi connectivity index (χ0) is 11.0. The van der Waals surface area contributed by atoms with Crippen LogP contribution in [0, 0.1) is 0 Å². The van der Waals surface area contributed by atoms with E-state index in [4.69, 9.17) is 10.9 Å². The number of likely N-dealkylation sites (N-methyl/N-ethyl adjacent to an activating group) is 2. The zero-order valence-electron chi connectivity index (χ0n) is 9.40. The minimum Gasteiger partial charge on any atom is -0.409 e. The van der Waals surface area contributed by atoms with E-state index in [1.54, 1.807) is 0 Å². The van der Waals surface area contributed by atoms with Crippen molar-refractivity contribution in [3.05, 3.63) is 0 Å². The van der Waals surface area contributed by atoms with Gasteiger partial charge in [0.2, 0.25) is 0 Å². The van der Waals surface area contributed by atoms with Gasteiger partial charge in [0.25, 0.3) is 0 Å². The maximum absolute atomic E-state index is 8.37. The van der Waals surface area contributed by atoms with Gasteiger partial charge in [-0.2, -0.15) is 0 Å². The van der Waals surface area contributed by atoms with Crippen LogP contribution in [0.1, 0.15) is 13.3 Å². The number of nitrogens with two attached hydrogens (primary N) is 1. The van der Waals surface area contributed by atoms with Gasteiger partial charge in [-0.25, -0.2) is 0 Å². The van der Waals surface area contributed by atoms with Gasteiger partial charge in [0.1, 0.15) is 5.84 Å². The Bertz CT molecular complexity index is 170. The van der Waals surface area contributed by atoms with E-state index in [1.807, 2.05) is 0 Å². The summed E-state index contributed by atoms with van der Waals surface area (Å²) in [6, 6.07) is 0. The van der Waals surface area contributed by atoms with Crippen molar-refractivity contribution in [2.24, 2.45) is 10.9 Å². The molecule has 0 fully saturated rings. The van der Waals surface area contributed by atoms with Crippen molar-refractivity contribution in [2.45, 2.75) is 13.3 Å². The third-order valence-electron chi connectivity index (χ3n) is 2.12. The summed E-state index contributed by atoms with van der Waals surface area (Å²) >= 11 is 0. The van der Waals surface area contributed by atoms with Crippen LogP contribution < -0.4 is 5.73 Å². The fourth-order valence-electron chi connectivity index (χ4n) is 1.09. The van der Waals surface area contributed by atoms with Crippen LogP contribution in [-0.2, 0) is 0 Å². The van der Waals surface area contributed by atoms with Gasteiger partial charge < -0.3 is 20.7 Å². The molecule has 0 spiro atoms. The number of oxime groups is 1. The minimum absolute atomic E-state index is 0.299. The van der Waals surface area contributed by atoms with Crippen molar-refractivity contribution >= 4 is 5.84 Å². The highest BCUT2D eigenvalue weighted by molar-refractivity contribution is 5.79. The molecule has 0 saturated heterocycles. The average Bonchev–Trinajstić information content (AvgIpc) is 2.17. The molecule has 0 rings (SSSR count). The topological polar surface area (TPSA) is 65.1 Å². The first-order valence-electron chi connectivity index (χ1n) is 4.93. The van der Waals surface area contributed by atoms with Crippen LogP contribution in [0.2, 0.25) is 0 Å². The molecule has 0 saturated carbocycles. The first-order valence-corrected chi connectivity index (χ1v) is 4.93. The minimum atomic E-state index is 0.299. The Hall–Kier alpha value is -0.810. The molecule has 0 aliphatic carbocycles. The second-order valence-electron chi connectivity index (χ2n) is 3.58. The van der Waals surface area contributed by atoms with Gasteiger partial charge in [-0.1, -0.05) is 12.1 Å². The van der Waals surface area contributed by atoms with Crippen LogP contribution in [0.15, 0.2) is 5.16 Å². The summed E-state index contributed by atoms with van der Waals surface area (Å²) in [5, 5.41) is 11.3. The van der Waals surface area contributed by atoms with Crippen molar-refractivity contribution in [1.29, 1.82) is 0 Å². The highest BCUT2D eigenvalue weighted by Gasteiger charge is 2.03. The maximum Gasteiger partial charge on any atom is 0.140 e. The number of amidine groups is 1. The van der Waals surface area contributed by atoms with Gasteiger partial charge >= 0.3 is 0 Å². The SMILES string of the molecule is CCN(CCC(N)=NO)CCN(C)C. The van der Waals surface area contributed by atoms with E-state index in [9.17, 15) is 0 Å². The molecule has 5 heteroatoms. The molecule has 0 atom stereocenters. The molecule has 84 valence electrons. The van der Waals surface area contributed by atoms with Gasteiger partial charge in [0, 0.05) is 26.1 Å². The van der Waals surface area contributed by atoms with Crippen molar-refractivity contribution in [3.8, 4) is 0 Å². The summed E-state index contributed by atoms with van der Waals surface area (Å²) in [7, 11) is 4.11. The largest absolute Gasteiger partial charge is 0.409 e. The number of hydrogen-bond donors (Lipinski definition) is 2. The van der Waals surface area contributed by atoms with E-state index < -0.39 is 0 Å². The summed E-state index contributed by atoms with van der Waals surface area (Å²) < 4.78 is 0. The van der Waals surface area contributed by atoms with Crippen LogP contribution in [-0.4, -0.2) is 61.1 Å². The van der Waals surface area contributed by atoms with Crippen molar-refractivity contribution in [3.63, 3.8) is 0 Å². The summed E-state index contributed by atoms with van der Waals surface area (Å²) in [5.41, 5.74) is 5.39. The molecule has 14 heavy (non-hydrogen) atoms. The summed E-state index contributed by atoms with van der Waals surface area (Å²) in [4.78, 5) is 4.42. The average molecular weight is 202 g/mol. The molecular weight excluding hydrogens is 180 g/mol. The molecule has 0 aliphatic rings. The second kappa shape index (κ2) is 7.58. The highest BCUT2D eigenvalue weighted by atomic mass is 16.4. The molecular formula is C9H22N4O. The standard InChI is InChI=1S/C9H22N4O/c1-4-13(8-7-12(2)3)6-5-9(10)11-14/h14H,4-8H2,1-3H3,(H2,10,11). The van der Waals surface area contributed by atoms with Crippen LogP contribution in [0.3, 0.4) is 0 Å². The Morgan fingerprint density at radius 2 is 1.93 bits per heavy atom. The lowest BCUT2D eigenvalue weighted by molar-refractivity contribution is 0.254. The molecule has 0 unspecified atom stereocenters. The Morgan fingerprint density at radius 1 is 1.29 bits per heavy atom. The van der Waals surface area contributed by atoms with Gasteiger partial charge in [0.05, 0.1) is 0 Å². The predicted molar refractivity (Wildman–Crippen MR) is 58.7 cm³/mol. The Labute approximate surface area is 86.2 Å². The van der Waals surface area contributed by atoms with Crippen molar-refractivity contribution in [1.82, 2.24) is 9.80 Å². The van der Waals surface area contributed by atoms with Gasteiger partial charge in [0.15, 0.2) is 0 Å². The van der Waals surface area contributed by atoms with Gasteiger partial charge in [-0.3, -0.25) is 0 Å². The Kier molecular flexibility index (Phi) is 7.14. The Balaban J connectivity index is 3.68. The zero-order valence-corrected chi connectivity index (χ0v) is 9.40. The number of nitrogens with zero attached hydrogens (tertiary/aromatic N) is 3. The van der Waals surface area contributed by atoms with Crippen LogP contribution in [0.4, 0.5) is 0 Å². The van der Waals surface area contributed by atoms with E-state index in [0.29, 0.717) is 12.3 Å². The third-order valence-corrected chi connectivity index (χ3v) is 2.12. The molecule has 5 nitrogen and oxygen atoms in total. The van der Waals surface area contributed by atoms with Crippen molar-refractivity contribution in [2.75, 3.05) is 40.3 Å². The molecule has 0 bridgehead atoms. The van der Waals surface area contributed by atoms with Crippen LogP contribution in [0.5, 0.6) is 0 Å². The lowest BCUT2D eigenvalue weighted by Crippen LogP contribution is -2.34. The van der Waals surface area contributed by atoms with Crippen molar-refractivity contribution < 1.29 is 5.21 Å². The fourth-order valence-corrected chi connectivity index (χ4v) is 1.09. The van der Waals surface area contributed by atoms with Gasteiger partial charge in [-0.15, -0.1) is 0 Å². The van der Waals surface area contributed by atoms with E-state index in [0.717, 1.165) is 26.2 Å². The van der Waals surface area contributed by atoms with E-state index >= 15 is 0 Å². The molecule has 0 radical (unpaired) electrons. The lowest BCUT2D eigenvalue weighted by atomic mass is 10.3. The summed E-state index contributed by atoms with van der Waals surface area (Å²) in [6.07, 6.45) is 0.623. The maximum atomic E-state index is 8.37. The molecule has 0 aliphatic heterocycles. The first kappa shape index (κ1) is 13.2. The smallest absolute Gasteiger partial charge is 0.140 e. The molecule has 0 aromatic rings. The molecule has 0 amide bonds. The summed E-state index contributed by atoms with van der Waals surface area (Å²) in [6.45, 7) is 6.00. The molecule has 0 aromatic carbocycles. The first-order chi connectivity index (χ1) is 6.60. The predicted octanol–water partition coefficient (Wildman–Crippen LogP) is 0.00640. The fraction of sp³-hybridized carbons (Fsp3) is 0.889. The summed E-state index contributed by atoms with van der Waals surface area (Å²) in [5.74, 6) is 0.299. The van der Waals surface area contributed by atoms with E-state index in [-0.39, 0.29) is 0 Å². The normalized spacial score (nSPS) is 12.8. The Morgan fingerprint density at radius 3 is 2.36 bits per heavy atom. The molecule has 0 aromatic heterocycles. The molecule has 3 N–H and O–H groups in total. The van der Waals surface area contributed by atoms with Crippen LogP contribution in [0.25, 0.3) is 0 Å². The lowest BCUT2D eigenvalue weighted by Gasteiger charge is -2.21. The number of rotatable bonds is 7. The molecule has 0 heterocycles. The van der Waals surface area contributed by atoms with E-state index in [2.05, 4.69) is 36.0 Å². The van der Waals surface area contributed by atoms with Gasteiger partial charge in [-0.05, 0) is 20.6 Å². The van der Waals surface area contributed by atoms with Crippen LogP contribution >= 0.6 is 0 Å². The monoisotopic (exact) mass is 202 g/mol. The second-order valence-corrected chi connectivity index (χ2v) is 3.58.